The number of fused-ring (bicyclic) bond motifs is 1. The Kier molecular flexibility index (Phi) is 7.85. The van der Waals surface area contributed by atoms with Gasteiger partial charge in [-0.1, -0.05) is 19.9 Å². The Bertz CT molecular complexity index is 1030. The van der Waals surface area contributed by atoms with Gasteiger partial charge >= 0.3 is 5.97 Å². The largest absolute Gasteiger partial charge is 0.489 e. The molecule has 29 heavy (non-hydrogen) atoms. The lowest BCUT2D eigenvalue weighted by Crippen LogP contribution is -2.09. The van der Waals surface area contributed by atoms with Gasteiger partial charge in [-0.3, -0.25) is 4.79 Å². The van der Waals surface area contributed by atoms with E-state index in [1.54, 1.807) is 25.1 Å². The summed E-state index contributed by atoms with van der Waals surface area (Å²) >= 11 is 0. The van der Waals surface area contributed by atoms with Crippen LogP contribution in [-0.2, 0) is 22.6 Å². The number of hydrogen-bond donors (Lipinski definition) is 0. The Morgan fingerprint density at radius 3 is 2.59 bits per heavy atom. The number of carbonyl (C=O) groups excluding carboxylic acids is 1. The van der Waals surface area contributed by atoms with Crippen LogP contribution in [0.25, 0.3) is 11.0 Å². The van der Waals surface area contributed by atoms with Crippen LogP contribution >= 0.6 is 0 Å². The zero-order chi connectivity index (χ0) is 21.4. The second-order valence-corrected chi connectivity index (χ2v) is 6.39. The van der Waals surface area contributed by atoms with E-state index in [9.17, 15) is 4.79 Å². The molecule has 0 saturated heterocycles. The third kappa shape index (κ3) is 5.61. The first-order chi connectivity index (χ1) is 14.0. The van der Waals surface area contributed by atoms with Crippen molar-refractivity contribution >= 4 is 16.9 Å². The van der Waals surface area contributed by atoms with Crippen molar-refractivity contribution in [2.75, 3.05) is 6.61 Å². The highest BCUT2D eigenvalue weighted by atomic mass is 16.5. The monoisotopic (exact) mass is 393 g/mol. The molecule has 0 fully saturated rings. The summed E-state index contributed by atoms with van der Waals surface area (Å²) in [6, 6.07) is 13.2. The van der Waals surface area contributed by atoms with Crippen molar-refractivity contribution in [3.63, 3.8) is 0 Å². The predicted molar refractivity (Wildman–Crippen MR) is 113 cm³/mol. The second-order valence-electron chi connectivity index (χ2n) is 6.39. The van der Waals surface area contributed by atoms with Gasteiger partial charge in [0.1, 0.15) is 23.7 Å². The molecular formula is C24H27NO4. The van der Waals surface area contributed by atoms with Gasteiger partial charge in [-0.15, -0.1) is 0 Å². The number of hydrogen-bond acceptors (Lipinski definition) is 5. The van der Waals surface area contributed by atoms with Crippen molar-refractivity contribution in [2.45, 2.75) is 47.6 Å². The smallest absolute Gasteiger partial charge is 0.310 e. The van der Waals surface area contributed by atoms with Crippen LogP contribution in [0.3, 0.4) is 0 Å². The summed E-state index contributed by atoms with van der Waals surface area (Å²) < 4.78 is 16.7. The van der Waals surface area contributed by atoms with Crippen molar-refractivity contribution in [3.8, 4) is 11.8 Å². The molecule has 0 radical (unpaired) electrons. The van der Waals surface area contributed by atoms with Crippen LogP contribution in [-0.4, -0.2) is 12.6 Å². The highest BCUT2D eigenvalue weighted by Gasteiger charge is 2.12. The summed E-state index contributed by atoms with van der Waals surface area (Å²) in [5, 5.41) is 10.2. The van der Waals surface area contributed by atoms with Crippen LogP contribution in [0, 0.1) is 25.2 Å². The molecule has 5 heteroatoms. The van der Waals surface area contributed by atoms with E-state index < -0.39 is 0 Å². The van der Waals surface area contributed by atoms with Crippen LogP contribution < -0.4 is 4.74 Å². The fraction of sp³-hybridized carbons (Fsp3) is 0.333. The Labute approximate surface area is 171 Å². The molecule has 3 aromatic rings. The molecule has 0 atom stereocenters. The SMILES string of the molecule is CC.CCOC(=O)Cc1ccc(C#N)cc1OCc1cc(C)c2oc(C)cc2c1. The average Bonchev–Trinajstić information content (AvgIpc) is 3.10. The van der Waals surface area contributed by atoms with E-state index >= 15 is 0 Å². The minimum atomic E-state index is -0.321. The highest BCUT2D eigenvalue weighted by Crippen LogP contribution is 2.26. The molecule has 0 N–H and O–H groups in total. The summed E-state index contributed by atoms with van der Waals surface area (Å²) in [6.07, 6.45) is 0.105. The molecule has 0 saturated carbocycles. The fourth-order valence-electron chi connectivity index (χ4n) is 3.05. The molecule has 1 aromatic heterocycles. The van der Waals surface area contributed by atoms with Crippen molar-refractivity contribution < 1.29 is 18.7 Å². The van der Waals surface area contributed by atoms with E-state index in [-0.39, 0.29) is 12.4 Å². The maximum Gasteiger partial charge on any atom is 0.310 e. The number of esters is 1. The quantitative estimate of drug-likeness (QED) is 0.507. The lowest BCUT2D eigenvalue weighted by Gasteiger charge is -2.12. The summed E-state index contributed by atoms with van der Waals surface area (Å²) in [5.41, 5.74) is 4.09. The van der Waals surface area contributed by atoms with E-state index in [0.29, 0.717) is 30.1 Å². The fourth-order valence-corrected chi connectivity index (χ4v) is 3.05. The number of benzene rings is 2. The Hall–Kier alpha value is -3.26. The predicted octanol–water partition coefficient (Wildman–Crippen LogP) is 5.63. The van der Waals surface area contributed by atoms with Gasteiger partial charge in [-0.2, -0.15) is 5.26 Å². The average molecular weight is 393 g/mol. The first-order valence-electron chi connectivity index (χ1n) is 9.81. The zero-order valence-electron chi connectivity index (χ0n) is 17.7. The van der Waals surface area contributed by atoms with Crippen LogP contribution in [0.2, 0.25) is 0 Å². The summed E-state index contributed by atoms with van der Waals surface area (Å²) in [7, 11) is 0. The van der Waals surface area contributed by atoms with Crippen molar-refractivity contribution in [3.05, 3.63) is 64.4 Å². The molecule has 0 bridgehead atoms. The normalized spacial score (nSPS) is 10.1. The molecule has 2 aromatic carbocycles. The molecule has 0 amide bonds. The number of nitriles is 1. The highest BCUT2D eigenvalue weighted by molar-refractivity contribution is 5.81. The molecule has 0 spiro atoms. The van der Waals surface area contributed by atoms with E-state index in [2.05, 4.69) is 6.07 Å². The Morgan fingerprint density at radius 2 is 1.90 bits per heavy atom. The zero-order valence-corrected chi connectivity index (χ0v) is 17.7. The molecular weight excluding hydrogens is 366 g/mol. The first-order valence-corrected chi connectivity index (χ1v) is 9.81. The van der Waals surface area contributed by atoms with Gasteiger partial charge in [0.05, 0.1) is 24.7 Å². The van der Waals surface area contributed by atoms with Crippen LogP contribution in [0.5, 0.6) is 5.75 Å². The maximum atomic E-state index is 11.8. The lowest BCUT2D eigenvalue weighted by atomic mass is 10.1. The van der Waals surface area contributed by atoms with E-state index in [1.165, 1.54) is 0 Å². The lowest BCUT2D eigenvalue weighted by molar-refractivity contribution is -0.142. The van der Waals surface area contributed by atoms with E-state index in [4.69, 9.17) is 19.2 Å². The second kappa shape index (κ2) is 10.3. The van der Waals surface area contributed by atoms with Crippen molar-refractivity contribution in [1.29, 1.82) is 5.26 Å². The summed E-state index contributed by atoms with van der Waals surface area (Å²) in [6.45, 7) is 10.3. The van der Waals surface area contributed by atoms with Crippen LogP contribution in [0.4, 0.5) is 0 Å². The molecule has 3 rings (SSSR count). The van der Waals surface area contributed by atoms with Crippen molar-refractivity contribution in [2.24, 2.45) is 0 Å². The van der Waals surface area contributed by atoms with Gasteiger partial charge in [0.2, 0.25) is 0 Å². The Morgan fingerprint density at radius 1 is 1.14 bits per heavy atom. The maximum absolute atomic E-state index is 11.8. The van der Waals surface area contributed by atoms with E-state index in [1.807, 2.05) is 45.9 Å². The third-order valence-corrected chi connectivity index (χ3v) is 4.22. The van der Waals surface area contributed by atoms with E-state index in [0.717, 1.165) is 27.9 Å². The van der Waals surface area contributed by atoms with Crippen LogP contribution in [0.15, 0.2) is 40.8 Å². The molecule has 0 aliphatic rings. The molecule has 0 unspecified atom stereocenters. The Balaban J connectivity index is 0.00000145. The van der Waals surface area contributed by atoms with Crippen LogP contribution in [0.1, 0.15) is 48.8 Å². The number of carbonyl (C=O) groups is 1. The standard InChI is InChI=1S/C22H21NO4.C2H6/c1-4-25-21(24)11-18-6-5-16(12-23)10-20(18)26-13-17-7-14(2)22-19(9-17)8-15(3)27-22;1-2/h5-10H,4,11,13H2,1-3H3;1-2H3. The molecule has 1 heterocycles. The number of aryl methyl sites for hydroxylation is 2. The molecule has 0 aliphatic heterocycles. The van der Waals surface area contributed by atoms with Gasteiger partial charge in [-0.25, -0.2) is 0 Å². The van der Waals surface area contributed by atoms with Gasteiger partial charge in [0, 0.05) is 10.9 Å². The van der Waals surface area contributed by atoms with Gasteiger partial charge in [0.25, 0.3) is 0 Å². The number of nitrogens with zero attached hydrogens (tertiary/aromatic N) is 1. The first kappa shape index (κ1) is 22.0. The minimum Gasteiger partial charge on any atom is -0.489 e. The summed E-state index contributed by atoms with van der Waals surface area (Å²) in [4.78, 5) is 11.8. The third-order valence-electron chi connectivity index (χ3n) is 4.22. The van der Waals surface area contributed by atoms with Gasteiger partial charge in [0.15, 0.2) is 0 Å². The van der Waals surface area contributed by atoms with Gasteiger partial charge in [-0.05, 0) is 62.2 Å². The topological polar surface area (TPSA) is 72.5 Å². The van der Waals surface area contributed by atoms with Crippen molar-refractivity contribution in [1.82, 2.24) is 0 Å². The number of furan rings is 1. The summed E-state index contributed by atoms with van der Waals surface area (Å²) in [5.74, 6) is 1.06. The molecule has 0 aliphatic carbocycles. The van der Waals surface area contributed by atoms with Gasteiger partial charge < -0.3 is 13.9 Å². The molecule has 5 nitrogen and oxygen atoms in total. The number of rotatable bonds is 6. The molecule has 152 valence electrons. The number of ether oxygens (including phenoxy) is 2. The minimum absolute atomic E-state index is 0.105.